The van der Waals surface area contributed by atoms with E-state index in [9.17, 15) is 36.3 Å². The first kappa shape index (κ1) is 32.7. The van der Waals surface area contributed by atoms with Crippen LogP contribution in [0.5, 0.6) is 5.75 Å². The van der Waals surface area contributed by atoms with Gasteiger partial charge in [0.25, 0.3) is 5.91 Å². The second-order valence-corrected chi connectivity index (χ2v) is 12.4. The van der Waals surface area contributed by atoms with E-state index >= 15 is 0 Å². The van der Waals surface area contributed by atoms with Crippen molar-refractivity contribution >= 4 is 27.3 Å². The van der Waals surface area contributed by atoms with E-state index < -0.39 is 46.5 Å². The molecule has 0 unspecified atom stereocenters. The van der Waals surface area contributed by atoms with Gasteiger partial charge < -0.3 is 20.3 Å². The zero-order chi connectivity index (χ0) is 31.9. The van der Waals surface area contributed by atoms with Gasteiger partial charge >= 0.3 is 12.3 Å². The van der Waals surface area contributed by atoms with Crippen molar-refractivity contribution in [2.45, 2.75) is 61.8 Å². The van der Waals surface area contributed by atoms with E-state index in [1.54, 1.807) is 12.1 Å². The monoisotopic (exact) mass is 631 g/mol. The molecule has 0 bridgehead atoms. The lowest BCUT2D eigenvalue weighted by Crippen LogP contribution is -2.36. The first-order valence-corrected chi connectivity index (χ1v) is 15.6. The molecule has 1 fully saturated rings. The number of rotatable bonds is 11. The number of allylic oxidation sites excluding steroid dienone is 1. The molecule has 3 N–H and O–H groups in total. The van der Waals surface area contributed by atoms with Crippen LogP contribution in [0.4, 0.5) is 13.2 Å². The molecule has 1 saturated carbocycles. The van der Waals surface area contributed by atoms with Gasteiger partial charge in [-0.3, -0.25) is 4.79 Å². The Bertz CT molecular complexity index is 1580. The number of carboxylic acids is 1. The quantitative estimate of drug-likeness (QED) is 0.242. The highest BCUT2D eigenvalue weighted by molar-refractivity contribution is 7.94. The number of amides is 1. The number of carbonyl (C=O) groups is 2. The zero-order valence-electron chi connectivity index (χ0n) is 23.6. The van der Waals surface area contributed by atoms with Gasteiger partial charge in [0, 0.05) is 11.0 Å². The van der Waals surface area contributed by atoms with Crippen LogP contribution in [0.25, 0.3) is 5.57 Å². The number of alkyl halides is 3. The average molecular weight is 632 g/mol. The number of halogens is 3. The number of hydrogen-bond donors (Lipinski definition) is 3. The number of benzene rings is 3. The second-order valence-electron chi connectivity index (χ2n) is 10.6. The van der Waals surface area contributed by atoms with Gasteiger partial charge in [-0.2, -0.15) is 0 Å². The van der Waals surface area contributed by atoms with Crippen LogP contribution in [0.1, 0.15) is 65.1 Å². The summed E-state index contributed by atoms with van der Waals surface area (Å²) in [5.74, 6) is -2.15. The molecule has 3 aromatic carbocycles. The normalized spacial score (nSPS) is 15.4. The summed E-state index contributed by atoms with van der Waals surface area (Å²) in [7, 11) is -4.10. The van der Waals surface area contributed by atoms with Gasteiger partial charge in [0.05, 0.1) is 11.4 Å². The molecule has 0 aliphatic heterocycles. The molecular weight excluding hydrogens is 599 g/mol. The Morgan fingerprint density at radius 2 is 1.50 bits per heavy atom. The van der Waals surface area contributed by atoms with Crippen LogP contribution >= 0.6 is 0 Å². The Labute approximate surface area is 253 Å². The van der Waals surface area contributed by atoms with E-state index in [4.69, 9.17) is 5.11 Å². The van der Waals surface area contributed by atoms with E-state index in [1.165, 1.54) is 24.1 Å². The average Bonchev–Trinajstić information content (AvgIpc) is 2.99. The standard InChI is InChI=1S/C32H32F3NO7S/c33-32(34,35)43-27-14-16-28(17-15-27)44(41,42)20-26(24-12-10-23(11-13-24)22-4-2-1-3-5-22)18-21-6-8-25(9-7-21)30(38)36-19-29(37)31(39)40/h6-17,20,22,29,37H,1-5,18-19H2,(H,36,38)(H,39,40)/b26-20+/t29-/m1/s1. The molecule has 8 nitrogen and oxygen atoms in total. The predicted molar refractivity (Wildman–Crippen MR) is 157 cm³/mol. The molecule has 0 aromatic heterocycles. The minimum absolute atomic E-state index is 0.150. The molecule has 0 saturated heterocycles. The summed E-state index contributed by atoms with van der Waals surface area (Å²) in [6.07, 6.45) is -0.768. The molecule has 0 heterocycles. The van der Waals surface area contributed by atoms with Gasteiger partial charge in [0.1, 0.15) is 5.75 Å². The van der Waals surface area contributed by atoms with Gasteiger partial charge in [0.15, 0.2) is 15.9 Å². The lowest BCUT2D eigenvalue weighted by atomic mass is 9.83. The van der Waals surface area contributed by atoms with Crippen molar-refractivity contribution in [3.63, 3.8) is 0 Å². The molecule has 1 aliphatic rings. The van der Waals surface area contributed by atoms with Crippen molar-refractivity contribution in [2.75, 3.05) is 6.54 Å². The highest BCUT2D eigenvalue weighted by Crippen LogP contribution is 2.34. The number of aliphatic carboxylic acids is 1. The van der Waals surface area contributed by atoms with Gasteiger partial charge in [-0.1, -0.05) is 55.7 Å². The molecular formula is C32H32F3NO7S. The predicted octanol–water partition coefficient (Wildman–Crippen LogP) is 5.87. The maximum absolute atomic E-state index is 13.4. The van der Waals surface area contributed by atoms with Crippen LogP contribution < -0.4 is 10.1 Å². The lowest BCUT2D eigenvalue weighted by Gasteiger charge is -2.22. The summed E-state index contributed by atoms with van der Waals surface area (Å²) in [5, 5.41) is 21.6. The molecule has 4 rings (SSSR count). The summed E-state index contributed by atoms with van der Waals surface area (Å²) in [6, 6.07) is 17.9. The topological polar surface area (TPSA) is 130 Å². The van der Waals surface area contributed by atoms with Gasteiger partial charge in [0.2, 0.25) is 0 Å². The van der Waals surface area contributed by atoms with Crippen molar-refractivity contribution in [3.8, 4) is 5.75 Å². The van der Waals surface area contributed by atoms with Crippen molar-refractivity contribution in [1.29, 1.82) is 0 Å². The third-order valence-corrected chi connectivity index (χ3v) is 8.92. The van der Waals surface area contributed by atoms with E-state index in [0.717, 1.165) is 55.4 Å². The maximum Gasteiger partial charge on any atom is 0.573 e. The summed E-state index contributed by atoms with van der Waals surface area (Å²) in [5.41, 5.74) is 3.13. The maximum atomic E-state index is 13.4. The molecule has 0 spiro atoms. The van der Waals surface area contributed by atoms with E-state index in [1.807, 2.05) is 24.3 Å². The van der Waals surface area contributed by atoms with E-state index in [2.05, 4.69) is 10.1 Å². The number of carbonyl (C=O) groups excluding carboxylic acids is 1. The van der Waals surface area contributed by atoms with Crippen LogP contribution in [0.3, 0.4) is 0 Å². The molecule has 12 heteroatoms. The van der Waals surface area contributed by atoms with Crippen molar-refractivity contribution in [3.05, 3.63) is 100 Å². The molecule has 234 valence electrons. The van der Waals surface area contributed by atoms with Crippen LogP contribution in [-0.2, 0) is 21.1 Å². The number of carboxylic acid groups (broad SMARTS) is 1. The number of aliphatic hydroxyl groups excluding tert-OH is 1. The fourth-order valence-electron chi connectivity index (χ4n) is 5.08. The summed E-state index contributed by atoms with van der Waals surface area (Å²) in [6.45, 7) is -0.471. The van der Waals surface area contributed by atoms with Crippen LogP contribution in [0.15, 0.2) is 83.1 Å². The van der Waals surface area contributed by atoms with Crippen molar-refractivity contribution in [1.82, 2.24) is 5.32 Å². The highest BCUT2D eigenvalue weighted by Gasteiger charge is 2.31. The van der Waals surface area contributed by atoms with Crippen LogP contribution in [0.2, 0.25) is 0 Å². The number of nitrogens with one attached hydrogen (secondary N) is 1. The minimum Gasteiger partial charge on any atom is -0.479 e. The lowest BCUT2D eigenvalue weighted by molar-refractivity contribution is -0.274. The molecule has 0 radical (unpaired) electrons. The first-order chi connectivity index (χ1) is 20.8. The van der Waals surface area contributed by atoms with Gasteiger partial charge in [-0.25, -0.2) is 13.2 Å². The summed E-state index contributed by atoms with van der Waals surface area (Å²) in [4.78, 5) is 22.9. The second kappa shape index (κ2) is 14.1. The Morgan fingerprint density at radius 1 is 0.909 bits per heavy atom. The summed E-state index contributed by atoms with van der Waals surface area (Å²) < 4.78 is 68.3. The fraction of sp³-hybridized carbons (Fsp3) is 0.312. The zero-order valence-corrected chi connectivity index (χ0v) is 24.4. The van der Waals surface area contributed by atoms with E-state index in [0.29, 0.717) is 22.6 Å². The number of hydrogen-bond acceptors (Lipinski definition) is 6. The molecule has 1 atom stereocenters. The number of aliphatic hydroxyl groups is 1. The first-order valence-electron chi connectivity index (χ1n) is 14.0. The highest BCUT2D eigenvalue weighted by atomic mass is 32.2. The molecule has 3 aromatic rings. The Hall–Kier alpha value is -4.16. The number of ether oxygens (including phenoxy) is 1. The minimum atomic E-state index is -4.91. The SMILES string of the molecule is O=C(NC[C@@H](O)C(=O)O)c1ccc(C/C(=C\S(=O)(=O)c2ccc(OC(F)(F)F)cc2)c2ccc(C3CCCCC3)cc2)cc1. The smallest absolute Gasteiger partial charge is 0.479 e. The Kier molecular flexibility index (Phi) is 10.5. The molecule has 1 amide bonds. The Balaban J connectivity index is 1.60. The summed E-state index contributed by atoms with van der Waals surface area (Å²) >= 11 is 0. The fourth-order valence-corrected chi connectivity index (χ4v) is 6.32. The number of sulfone groups is 1. The van der Waals surface area contributed by atoms with Crippen LogP contribution in [-0.4, -0.2) is 49.5 Å². The van der Waals surface area contributed by atoms with Crippen molar-refractivity contribution < 1.29 is 46.1 Å². The van der Waals surface area contributed by atoms with Crippen molar-refractivity contribution in [2.24, 2.45) is 0 Å². The van der Waals surface area contributed by atoms with Gasteiger partial charge in [-0.05, 0) is 83.8 Å². The van der Waals surface area contributed by atoms with E-state index in [-0.39, 0.29) is 16.9 Å². The van der Waals surface area contributed by atoms with Crippen LogP contribution in [0, 0.1) is 0 Å². The molecule has 44 heavy (non-hydrogen) atoms. The third kappa shape index (κ3) is 9.17. The largest absolute Gasteiger partial charge is 0.573 e. The Morgan fingerprint density at radius 3 is 2.07 bits per heavy atom. The third-order valence-electron chi connectivity index (χ3n) is 7.39. The van der Waals surface area contributed by atoms with Gasteiger partial charge in [-0.15, -0.1) is 13.2 Å². The molecule has 1 aliphatic carbocycles.